The second-order valence-corrected chi connectivity index (χ2v) is 5.07. The van der Waals surface area contributed by atoms with Gasteiger partial charge in [0.25, 0.3) is 0 Å². The molecule has 94 valence electrons. The minimum atomic E-state index is -1.09. The predicted molar refractivity (Wildman–Crippen MR) is 64.3 cm³/mol. The van der Waals surface area contributed by atoms with Crippen molar-refractivity contribution in [2.45, 2.75) is 57.5 Å². The quantitative estimate of drug-likeness (QED) is 0.747. The van der Waals surface area contributed by atoms with Gasteiger partial charge in [0.05, 0.1) is 0 Å². The van der Waals surface area contributed by atoms with Gasteiger partial charge in [-0.2, -0.15) is 0 Å². The molecule has 0 saturated carbocycles. The predicted octanol–water partition coefficient (Wildman–Crippen LogP) is 1.44. The fourth-order valence-corrected chi connectivity index (χ4v) is 2.30. The molecule has 0 aliphatic carbocycles. The first-order valence-electron chi connectivity index (χ1n) is 6.23. The van der Waals surface area contributed by atoms with Gasteiger partial charge >= 0.3 is 5.97 Å². The van der Waals surface area contributed by atoms with Crippen LogP contribution < -0.4 is 5.73 Å². The Bertz CT molecular complexity index is 241. The van der Waals surface area contributed by atoms with E-state index in [0.29, 0.717) is 12.5 Å². The summed E-state index contributed by atoms with van der Waals surface area (Å²) in [6.45, 7) is 5.69. The van der Waals surface area contributed by atoms with Crippen LogP contribution in [0.5, 0.6) is 0 Å². The number of carbonyl (C=O) groups is 1. The molecule has 0 amide bonds. The zero-order valence-electron chi connectivity index (χ0n) is 10.4. The Balaban J connectivity index is 2.43. The number of likely N-dealkylation sites (tertiary alicyclic amines) is 1. The lowest BCUT2D eigenvalue weighted by Gasteiger charge is -2.36. The first kappa shape index (κ1) is 13.5. The molecular weight excluding hydrogens is 204 g/mol. The highest BCUT2D eigenvalue weighted by Gasteiger charge is 2.30. The summed E-state index contributed by atoms with van der Waals surface area (Å²) >= 11 is 0. The van der Waals surface area contributed by atoms with Gasteiger partial charge in [0.1, 0.15) is 5.54 Å². The van der Waals surface area contributed by atoms with E-state index in [1.54, 1.807) is 6.92 Å². The number of carboxylic acids is 1. The van der Waals surface area contributed by atoms with Crippen LogP contribution in [0.2, 0.25) is 0 Å². The number of nitrogens with two attached hydrogens (primary N) is 1. The molecule has 0 aromatic rings. The Morgan fingerprint density at radius 2 is 2.25 bits per heavy atom. The van der Waals surface area contributed by atoms with Gasteiger partial charge in [0.15, 0.2) is 0 Å². The average Bonchev–Trinajstić information content (AvgIpc) is 2.26. The number of hydrogen-bond acceptors (Lipinski definition) is 3. The Morgan fingerprint density at radius 1 is 1.56 bits per heavy atom. The summed E-state index contributed by atoms with van der Waals surface area (Å²) in [7, 11) is 0. The van der Waals surface area contributed by atoms with Gasteiger partial charge in [-0.15, -0.1) is 0 Å². The van der Waals surface area contributed by atoms with E-state index in [0.717, 1.165) is 19.5 Å². The van der Waals surface area contributed by atoms with Crippen LogP contribution in [0.3, 0.4) is 0 Å². The summed E-state index contributed by atoms with van der Waals surface area (Å²) in [5.74, 6) is -0.905. The first-order chi connectivity index (χ1) is 7.47. The van der Waals surface area contributed by atoms with Crippen molar-refractivity contribution in [3.8, 4) is 0 Å². The van der Waals surface area contributed by atoms with E-state index >= 15 is 0 Å². The number of rotatable bonds is 5. The molecule has 4 nitrogen and oxygen atoms in total. The molecule has 0 aromatic carbocycles. The molecule has 0 spiro atoms. The van der Waals surface area contributed by atoms with Crippen LogP contribution in [0.4, 0.5) is 0 Å². The maximum absolute atomic E-state index is 10.9. The van der Waals surface area contributed by atoms with Gasteiger partial charge in [-0.3, -0.25) is 4.79 Å². The second-order valence-electron chi connectivity index (χ2n) is 5.07. The summed E-state index contributed by atoms with van der Waals surface area (Å²) in [6.07, 6.45) is 5.44. The largest absolute Gasteiger partial charge is 0.480 e. The maximum atomic E-state index is 10.9. The Labute approximate surface area is 97.8 Å². The highest BCUT2D eigenvalue weighted by molar-refractivity contribution is 5.77. The highest BCUT2D eigenvalue weighted by atomic mass is 16.4. The van der Waals surface area contributed by atoms with E-state index in [-0.39, 0.29) is 0 Å². The van der Waals surface area contributed by atoms with E-state index in [4.69, 9.17) is 10.8 Å². The molecule has 0 aromatic heterocycles. The van der Waals surface area contributed by atoms with Crippen LogP contribution in [0.15, 0.2) is 0 Å². The summed E-state index contributed by atoms with van der Waals surface area (Å²) in [5, 5.41) is 8.95. The zero-order chi connectivity index (χ0) is 12.2. The second kappa shape index (κ2) is 5.64. The smallest absolute Gasteiger partial charge is 0.323 e. The van der Waals surface area contributed by atoms with Crippen molar-refractivity contribution in [3.63, 3.8) is 0 Å². The van der Waals surface area contributed by atoms with Crippen molar-refractivity contribution in [2.75, 3.05) is 13.1 Å². The van der Waals surface area contributed by atoms with Gasteiger partial charge < -0.3 is 15.7 Å². The first-order valence-corrected chi connectivity index (χ1v) is 6.23. The monoisotopic (exact) mass is 228 g/mol. The third kappa shape index (κ3) is 3.46. The Morgan fingerprint density at radius 3 is 2.81 bits per heavy atom. The molecule has 16 heavy (non-hydrogen) atoms. The zero-order valence-corrected chi connectivity index (χ0v) is 10.4. The molecule has 1 heterocycles. The Hall–Kier alpha value is -0.610. The van der Waals surface area contributed by atoms with Gasteiger partial charge in [-0.05, 0) is 39.2 Å². The molecule has 4 heteroatoms. The minimum absolute atomic E-state index is 0.527. The van der Waals surface area contributed by atoms with Gasteiger partial charge in [0.2, 0.25) is 0 Å². The molecule has 2 atom stereocenters. The molecular formula is C12H24N2O2. The van der Waals surface area contributed by atoms with Crippen molar-refractivity contribution in [1.29, 1.82) is 0 Å². The standard InChI is InChI=1S/C12H24N2O2/c1-3-10-6-4-5-8-14(10)9-7-12(2,13)11(15)16/h10H,3-9,13H2,1-2H3,(H,15,16). The van der Waals surface area contributed by atoms with Crippen molar-refractivity contribution in [1.82, 2.24) is 4.90 Å². The third-order valence-corrected chi connectivity index (χ3v) is 3.63. The van der Waals surface area contributed by atoms with Crippen LogP contribution in [0.25, 0.3) is 0 Å². The molecule has 1 aliphatic heterocycles. The van der Waals surface area contributed by atoms with E-state index in [1.165, 1.54) is 19.3 Å². The minimum Gasteiger partial charge on any atom is -0.480 e. The van der Waals surface area contributed by atoms with Crippen LogP contribution in [-0.2, 0) is 4.79 Å². The number of carboxylic acid groups (broad SMARTS) is 1. The van der Waals surface area contributed by atoms with Crippen LogP contribution >= 0.6 is 0 Å². The van der Waals surface area contributed by atoms with Gasteiger partial charge in [-0.1, -0.05) is 13.3 Å². The van der Waals surface area contributed by atoms with Crippen LogP contribution in [-0.4, -0.2) is 40.6 Å². The number of nitrogens with zero attached hydrogens (tertiary/aromatic N) is 1. The number of hydrogen-bond donors (Lipinski definition) is 2. The SMILES string of the molecule is CCC1CCCCN1CCC(C)(N)C(=O)O. The lowest BCUT2D eigenvalue weighted by molar-refractivity contribution is -0.143. The van der Waals surface area contributed by atoms with Crippen LogP contribution in [0, 0.1) is 0 Å². The lowest BCUT2D eigenvalue weighted by atomic mass is 9.95. The molecule has 1 aliphatic rings. The number of piperidine rings is 1. The summed E-state index contributed by atoms with van der Waals surface area (Å²) in [6, 6.07) is 0.623. The Kier molecular flexibility index (Phi) is 4.74. The number of aliphatic carboxylic acids is 1. The van der Waals surface area contributed by atoms with Crippen LogP contribution in [0.1, 0.15) is 46.0 Å². The lowest BCUT2D eigenvalue weighted by Crippen LogP contribution is -2.49. The topological polar surface area (TPSA) is 66.6 Å². The molecule has 1 rings (SSSR count). The molecule has 2 unspecified atom stereocenters. The third-order valence-electron chi connectivity index (χ3n) is 3.63. The molecule has 3 N–H and O–H groups in total. The normalized spacial score (nSPS) is 26.3. The summed E-state index contributed by atoms with van der Waals surface area (Å²) < 4.78 is 0. The highest BCUT2D eigenvalue weighted by Crippen LogP contribution is 2.20. The van der Waals surface area contributed by atoms with Crippen molar-refractivity contribution in [3.05, 3.63) is 0 Å². The van der Waals surface area contributed by atoms with Gasteiger partial charge in [0, 0.05) is 12.6 Å². The molecule has 1 saturated heterocycles. The molecule has 1 fully saturated rings. The summed E-state index contributed by atoms with van der Waals surface area (Å²) in [5.41, 5.74) is 4.65. The van der Waals surface area contributed by atoms with E-state index in [1.807, 2.05) is 0 Å². The van der Waals surface area contributed by atoms with Crippen molar-refractivity contribution in [2.24, 2.45) is 5.73 Å². The fraction of sp³-hybridized carbons (Fsp3) is 0.917. The maximum Gasteiger partial charge on any atom is 0.323 e. The average molecular weight is 228 g/mol. The van der Waals surface area contributed by atoms with E-state index < -0.39 is 11.5 Å². The van der Waals surface area contributed by atoms with Crippen molar-refractivity contribution >= 4 is 5.97 Å². The van der Waals surface area contributed by atoms with E-state index in [9.17, 15) is 4.79 Å². The molecule has 0 bridgehead atoms. The van der Waals surface area contributed by atoms with Crippen molar-refractivity contribution < 1.29 is 9.90 Å². The molecule has 0 radical (unpaired) electrons. The van der Waals surface area contributed by atoms with Gasteiger partial charge in [-0.25, -0.2) is 0 Å². The fourth-order valence-electron chi connectivity index (χ4n) is 2.30. The summed E-state index contributed by atoms with van der Waals surface area (Å²) in [4.78, 5) is 13.3. The van der Waals surface area contributed by atoms with E-state index in [2.05, 4.69) is 11.8 Å².